The number of esters is 1. The minimum atomic E-state index is -0.598. The van der Waals surface area contributed by atoms with E-state index in [1.807, 2.05) is 73.7 Å². The van der Waals surface area contributed by atoms with Crippen LogP contribution in [0.4, 0.5) is 0 Å². The second-order valence-electron chi connectivity index (χ2n) is 7.41. The Bertz CT molecular complexity index is 1160. The van der Waals surface area contributed by atoms with Crippen LogP contribution in [0.5, 0.6) is 0 Å². The van der Waals surface area contributed by atoms with Crippen LogP contribution in [0.15, 0.2) is 83.0 Å². The number of benzene rings is 3. The van der Waals surface area contributed by atoms with Crippen molar-refractivity contribution in [3.05, 3.63) is 94.7 Å². The summed E-state index contributed by atoms with van der Waals surface area (Å²) in [6, 6.07) is 21.1. The Morgan fingerprint density at radius 3 is 2.50 bits per heavy atom. The van der Waals surface area contributed by atoms with Crippen LogP contribution in [-0.4, -0.2) is 16.9 Å². The molecule has 0 saturated heterocycles. The van der Waals surface area contributed by atoms with Crippen LogP contribution in [-0.2, 0) is 16.1 Å². The molecule has 1 unspecified atom stereocenters. The van der Waals surface area contributed by atoms with E-state index < -0.39 is 12.0 Å². The van der Waals surface area contributed by atoms with Gasteiger partial charge in [0.2, 0.25) is 5.96 Å². The van der Waals surface area contributed by atoms with Gasteiger partial charge in [-0.25, -0.2) is 15.6 Å². The van der Waals surface area contributed by atoms with Crippen molar-refractivity contribution in [1.82, 2.24) is 5.01 Å². The zero-order chi connectivity index (χ0) is 21.3. The molecule has 0 saturated carbocycles. The third-order valence-electron chi connectivity index (χ3n) is 5.32. The van der Waals surface area contributed by atoms with Crippen LogP contribution >= 0.6 is 0 Å². The van der Waals surface area contributed by atoms with E-state index >= 15 is 0 Å². The predicted octanol–water partition coefficient (Wildman–Crippen LogP) is 3.71. The van der Waals surface area contributed by atoms with E-state index in [0.717, 1.165) is 27.5 Å². The molecule has 6 nitrogen and oxygen atoms in total. The molecule has 0 radical (unpaired) electrons. The Hall–Kier alpha value is -3.64. The van der Waals surface area contributed by atoms with Crippen molar-refractivity contribution in [2.75, 3.05) is 0 Å². The highest BCUT2D eigenvalue weighted by Crippen LogP contribution is 2.36. The lowest BCUT2D eigenvalue weighted by atomic mass is 9.91. The number of carbonyl (C=O) groups excluding carboxylic acids is 1. The van der Waals surface area contributed by atoms with Crippen LogP contribution in [0.3, 0.4) is 0 Å². The molecule has 1 aliphatic heterocycles. The highest BCUT2D eigenvalue weighted by Gasteiger charge is 2.35. The maximum atomic E-state index is 13.1. The zero-order valence-corrected chi connectivity index (χ0v) is 17.0. The van der Waals surface area contributed by atoms with Gasteiger partial charge in [0, 0.05) is 0 Å². The zero-order valence-electron chi connectivity index (χ0n) is 17.0. The number of ether oxygens (including phenoxy) is 1. The summed E-state index contributed by atoms with van der Waals surface area (Å²) in [4.78, 5) is 17.4. The standard InChI is InChI=1S/C24H24N4O2/c1-15-10-12-17(13-11-15)14-30-23(29)21-16(2)27-24(25)28(26)22(21)20-9-5-7-18-6-3-4-8-19(18)20/h3-13,22H,14,26H2,1-2H3,(H2,25,27). The van der Waals surface area contributed by atoms with Gasteiger partial charge in [0.25, 0.3) is 0 Å². The van der Waals surface area contributed by atoms with Gasteiger partial charge in [-0.05, 0) is 35.7 Å². The quantitative estimate of drug-likeness (QED) is 0.514. The molecule has 152 valence electrons. The number of hydrogen-bond donors (Lipinski definition) is 2. The first-order valence-corrected chi connectivity index (χ1v) is 9.75. The number of guanidine groups is 1. The van der Waals surface area contributed by atoms with Crippen LogP contribution in [0.25, 0.3) is 10.8 Å². The van der Waals surface area contributed by atoms with Crippen molar-refractivity contribution in [3.63, 3.8) is 0 Å². The summed E-state index contributed by atoms with van der Waals surface area (Å²) >= 11 is 0. The molecule has 0 amide bonds. The average molecular weight is 400 g/mol. The first-order valence-electron chi connectivity index (χ1n) is 9.75. The van der Waals surface area contributed by atoms with E-state index in [4.69, 9.17) is 16.3 Å². The molecule has 6 heteroatoms. The highest BCUT2D eigenvalue weighted by molar-refractivity contribution is 5.97. The molecule has 1 heterocycles. The molecule has 1 atom stereocenters. The third-order valence-corrected chi connectivity index (χ3v) is 5.32. The largest absolute Gasteiger partial charge is 0.457 e. The third kappa shape index (κ3) is 3.65. The molecule has 4 N–H and O–H groups in total. The van der Waals surface area contributed by atoms with Crippen molar-refractivity contribution in [2.24, 2.45) is 16.6 Å². The van der Waals surface area contributed by atoms with Crippen LogP contribution < -0.4 is 11.6 Å². The van der Waals surface area contributed by atoms with Gasteiger partial charge in [-0.3, -0.25) is 5.01 Å². The second kappa shape index (κ2) is 8.00. The van der Waals surface area contributed by atoms with Crippen LogP contribution in [0.1, 0.15) is 29.7 Å². The molecule has 0 aliphatic carbocycles. The SMILES string of the molecule is CC1=C(C(=O)OCc2ccc(C)cc2)C(c2cccc3ccccc23)N(N)C(N)=N1. The summed E-state index contributed by atoms with van der Waals surface area (Å²) in [7, 11) is 0. The summed E-state index contributed by atoms with van der Waals surface area (Å²) in [5.41, 5.74) is 9.87. The van der Waals surface area contributed by atoms with Crippen LogP contribution in [0.2, 0.25) is 0 Å². The smallest absolute Gasteiger partial charge is 0.338 e. The number of nitrogens with zero attached hydrogens (tertiary/aromatic N) is 2. The molecule has 0 aromatic heterocycles. The van der Waals surface area contributed by atoms with Gasteiger partial charge in [-0.2, -0.15) is 0 Å². The predicted molar refractivity (Wildman–Crippen MR) is 118 cm³/mol. The van der Waals surface area contributed by atoms with Crippen molar-refractivity contribution >= 4 is 22.7 Å². The molecular weight excluding hydrogens is 376 g/mol. The van der Waals surface area contributed by atoms with Gasteiger partial charge in [0.05, 0.1) is 11.3 Å². The Balaban J connectivity index is 1.72. The molecule has 0 fully saturated rings. The summed E-state index contributed by atoms with van der Waals surface area (Å²) in [5, 5.41) is 3.37. The first-order chi connectivity index (χ1) is 14.5. The number of rotatable bonds is 4. The summed E-state index contributed by atoms with van der Waals surface area (Å²) < 4.78 is 5.64. The summed E-state index contributed by atoms with van der Waals surface area (Å²) in [6.07, 6.45) is 0. The van der Waals surface area contributed by atoms with E-state index in [2.05, 4.69) is 4.99 Å². The summed E-state index contributed by atoms with van der Waals surface area (Å²) in [6.45, 7) is 3.93. The van der Waals surface area contributed by atoms with Gasteiger partial charge in [0.1, 0.15) is 12.6 Å². The van der Waals surface area contributed by atoms with Crippen molar-refractivity contribution in [1.29, 1.82) is 0 Å². The number of fused-ring (bicyclic) bond motifs is 1. The Labute approximate surface area is 175 Å². The van der Waals surface area contributed by atoms with Gasteiger partial charge < -0.3 is 10.5 Å². The van der Waals surface area contributed by atoms with E-state index in [0.29, 0.717) is 11.3 Å². The van der Waals surface area contributed by atoms with Crippen molar-refractivity contribution in [3.8, 4) is 0 Å². The fourth-order valence-electron chi connectivity index (χ4n) is 3.72. The number of hydrogen-bond acceptors (Lipinski definition) is 6. The lowest BCUT2D eigenvalue weighted by Gasteiger charge is -2.34. The second-order valence-corrected chi connectivity index (χ2v) is 7.41. The number of aliphatic imine (C=N–C) groups is 1. The normalized spacial score (nSPS) is 16.6. The van der Waals surface area contributed by atoms with Crippen molar-refractivity contribution < 1.29 is 9.53 Å². The van der Waals surface area contributed by atoms with E-state index in [1.165, 1.54) is 5.01 Å². The first kappa shape index (κ1) is 19.7. The summed E-state index contributed by atoms with van der Waals surface area (Å²) in [5.74, 6) is 5.99. The van der Waals surface area contributed by atoms with Gasteiger partial charge >= 0.3 is 5.97 Å². The number of nitrogens with two attached hydrogens (primary N) is 2. The highest BCUT2D eigenvalue weighted by atomic mass is 16.5. The van der Waals surface area contributed by atoms with Gasteiger partial charge in [-0.15, -0.1) is 0 Å². The Kier molecular flexibility index (Phi) is 5.25. The number of carbonyl (C=O) groups is 1. The maximum absolute atomic E-state index is 13.1. The lowest BCUT2D eigenvalue weighted by molar-refractivity contribution is -0.141. The van der Waals surface area contributed by atoms with E-state index in [1.54, 1.807) is 6.92 Å². The fraction of sp³-hybridized carbons (Fsp3) is 0.167. The molecular formula is C24H24N4O2. The molecule has 3 aromatic rings. The number of aryl methyl sites for hydroxylation is 1. The van der Waals surface area contributed by atoms with E-state index in [9.17, 15) is 4.79 Å². The minimum absolute atomic E-state index is 0.153. The molecule has 0 spiro atoms. The lowest BCUT2D eigenvalue weighted by Crippen LogP contribution is -2.49. The van der Waals surface area contributed by atoms with Gasteiger partial charge in [0.15, 0.2) is 0 Å². The monoisotopic (exact) mass is 400 g/mol. The van der Waals surface area contributed by atoms with Crippen LogP contribution in [0, 0.1) is 6.92 Å². The molecule has 4 rings (SSSR count). The Morgan fingerprint density at radius 1 is 1.03 bits per heavy atom. The van der Waals surface area contributed by atoms with E-state index in [-0.39, 0.29) is 12.6 Å². The number of allylic oxidation sites excluding steroid dienone is 1. The fourth-order valence-corrected chi connectivity index (χ4v) is 3.72. The average Bonchev–Trinajstić information content (AvgIpc) is 2.75. The topological polar surface area (TPSA) is 93.9 Å². The maximum Gasteiger partial charge on any atom is 0.338 e. The minimum Gasteiger partial charge on any atom is -0.457 e. The number of hydrazine groups is 1. The van der Waals surface area contributed by atoms with Gasteiger partial charge in [-0.1, -0.05) is 72.3 Å². The van der Waals surface area contributed by atoms with Crippen molar-refractivity contribution in [2.45, 2.75) is 26.5 Å². The molecule has 30 heavy (non-hydrogen) atoms. The Morgan fingerprint density at radius 2 is 1.73 bits per heavy atom. The molecule has 1 aliphatic rings. The molecule has 3 aromatic carbocycles. The molecule has 0 bridgehead atoms.